The predicted molar refractivity (Wildman–Crippen MR) is 145 cm³/mol. The summed E-state index contributed by atoms with van der Waals surface area (Å²) in [5, 5.41) is 21.9. The first kappa shape index (κ1) is 35.8. The Kier molecular flexibility index (Phi) is 13.2. The number of carbonyl (C=O) groups excluding carboxylic acids is 5. The topological polar surface area (TPSA) is 209 Å². The van der Waals surface area contributed by atoms with Crippen molar-refractivity contribution in [2.24, 2.45) is 0 Å². The first-order valence-corrected chi connectivity index (χ1v) is 14.0. The number of hydrogen-bond donors (Lipinski definition) is 2. The maximum atomic E-state index is 12.1. The monoisotopic (exact) mass is 642 g/mol. The zero-order chi connectivity index (χ0) is 33.3. The van der Waals surface area contributed by atoms with Crippen LogP contribution in [0.15, 0.2) is 30.3 Å². The Hall–Kier alpha value is -3.67. The molecule has 0 bridgehead atoms. The van der Waals surface area contributed by atoms with Gasteiger partial charge in [-0.1, -0.05) is 30.3 Å². The second-order valence-corrected chi connectivity index (χ2v) is 10.3. The molecule has 2 aliphatic heterocycles. The lowest BCUT2D eigenvalue weighted by Gasteiger charge is -2.45. The summed E-state index contributed by atoms with van der Waals surface area (Å²) in [6.07, 6.45) is -14.6. The molecule has 0 amide bonds. The fourth-order valence-electron chi connectivity index (χ4n) is 4.83. The van der Waals surface area contributed by atoms with Crippen LogP contribution in [0.2, 0.25) is 0 Å². The Morgan fingerprint density at radius 2 is 1.18 bits per heavy atom. The molecule has 0 aromatic heterocycles. The molecular weight excluding hydrogens is 604 g/mol. The summed E-state index contributed by atoms with van der Waals surface area (Å²) in [6, 6.07) is 8.93. The van der Waals surface area contributed by atoms with Crippen molar-refractivity contribution in [2.45, 2.75) is 103 Å². The van der Waals surface area contributed by atoms with Crippen LogP contribution in [0.25, 0.3) is 0 Å². The minimum atomic E-state index is -1.69. The van der Waals surface area contributed by atoms with Gasteiger partial charge in [0.2, 0.25) is 0 Å². The second-order valence-electron chi connectivity index (χ2n) is 10.3. The number of rotatable bonds is 12. The van der Waals surface area contributed by atoms with Crippen LogP contribution in [0.3, 0.4) is 0 Å². The van der Waals surface area contributed by atoms with E-state index in [2.05, 4.69) is 0 Å². The van der Waals surface area contributed by atoms with E-state index in [1.165, 1.54) is 0 Å². The molecule has 0 saturated carbocycles. The van der Waals surface area contributed by atoms with Gasteiger partial charge >= 0.3 is 29.8 Å². The molecule has 0 aliphatic carbocycles. The molecule has 2 saturated heterocycles. The Labute approximate surface area is 258 Å². The zero-order valence-corrected chi connectivity index (χ0v) is 25.4. The number of hydrogen-bond acceptors (Lipinski definition) is 16. The number of esters is 5. The standard InChI is InChI=1S/C29H38O16/c1-14(30)37-13-21-23(40-15(2)31)25(42-17(4)33)27(43-18(5)34)29(45-21)39-12-20-22(35)24(41-16(3)32)26(28(36)44-20)38-11-19-9-7-6-8-10-19/h6-10,20-29,35-36H,11-13H2,1-5H3/t20-,21-,22-,23-,24+,25+,26-,27-,28+,29-/m1/s1. The fraction of sp³-hybridized carbons (Fsp3) is 0.621. The van der Waals surface area contributed by atoms with Gasteiger partial charge < -0.3 is 52.8 Å². The number of aliphatic hydroxyl groups excluding tert-OH is 2. The van der Waals surface area contributed by atoms with Gasteiger partial charge in [-0.05, 0) is 5.56 Å². The van der Waals surface area contributed by atoms with Crippen LogP contribution in [0.4, 0.5) is 0 Å². The molecule has 250 valence electrons. The maximum Gasteiger partial charge on any atom is 0.303 e. The molecule has 16 heteroatoms. The first-order chi connectivity index (χ1) is 21.3. The van der Waals surface area contributed by atoms with Crippen molar-refractivity contribution in [1.29, 1.82) is 0 Å². The molecule has 2 fully saturated rings. The van der Waals surface area contributed by atoms with Crippen LogP contribution >= 0.6 is 0 Å². The smallest absolute Gasteiger partial charge is 0.303 e. The van der Waals surface area contributed by atoms with Crippen molar-refractivity contribution in [3.63, 3.8) is 0 Å². The largest absolute Gasteiger partial charge is 0.463 e. The number of benzene rings is 1. The van der Waals surface area contributed by atoms with Crippen LogP contribution < -0.4 is 0 Å². The van der Waals surface area contributed by atoms with Gasteiger partial charge in [0.05, 0.1) is 13.2 Å². The second kappa shape index (κ2) is 16.6. The Morgan fingerprint density at radius 1 is 0.622 bits per heavy atom. The molecule has 2 heterocycles. The van der Waals surface area contributed by atoms with Crippen LogP contribution in [-0.4, -0.2) is 115 Å². The molecule has 0 spiro atoms. The minimum absolute atomic E-state index is 0.00230. The van der Waals surface area contributed by atoms with E-state index in [0.29, 0.717) is 0 Å². The minimum Gasteiger partial charge on any atom is -0.463 e. The highest BCUT2D eigenvalue weighted by Gasteiger charge is 2.54. The molecule has 2 N–H and O–H groups in total. The third-order valence-corrected chi connectivity index (χ3v) is 6.60. The summed E-state index contributed by atoms with van der Waals surface area (Å²) in [4.78, 5) is 59.4. The van der Waals surface area contributed by atoms with E-state index in [1.54, 1.807) is 24.3 Å². The van der Waals surface area contributed by atoms with Crippen LogP contribution in [0, 0.1) is 0 Å². The zero-order valence-electron chi connectivity index (χ0n) is 25.4. The van der Waals surface area contributed by atoms with Crippen LogP contribution in [0.5, 0.6) is 0 Å². The van der Waals surface area contributed by atoms with Crippen molar-refractivity contribution in [2.75, 3.05) is 13.2 Å². The highest BCUT2D eigenvalue weighted by atomic mass is 16.7. The molecule has 0 radical (unpaired) electrons. The van der Waals surface area contributed by atoms with Crippen molar-refractivity contribution in [1.82, 2.24) is 0 Å². The van der Waals surface area contributed by atoms with Crippen molar-refractivity contribution < 1.29 is 76.8 Å². The van der Waals surface area contributed by atoms with E-state index in [-0.39, 0.29) is 6.61 Å². The first-order valence-electron chi connectivity index (χ1n) is 14.0. The maximum absolute atomic E-state index is 12.1. The van der Waals surface area contributed by atoms with E-state index >= 15 is 0 Å². The van der Waals surface area contributed by atoms with Crippen molar-refractivity contribution in [3.8, 4) is 0 Å². The molecule has 2 aliphatic rings. The Morgan fingerprint density at radius 3 is 1.76 bits per heavy atom. The molecule has 45 heavy (non-hydrogen) atoms. The van der Waals surface area contributed by atoms with Crippen LogP contribution in [-0.2, 0) is 73.2 Å². The van der Waals surface area contributed by atoms with Gasteiger partial charge in [-0.15, -0.1) is 0 Å². The quantitative estimate of drug-likeness (QED) is 0.221. The normalized spacial score (nSPS) is 31.3. The number of aliphatic hydroxyl groups is 2. The lowest BCUT2D eigenvalue weighted by Crippen LogP contribution is -2.64. The average molecular weight is 643 g/mol. The number of ether oxygens (including phenoxy) is 9. The SMILES string of the molecule is CC(=O)OC[C@H]1O[C@@H](OC[C@H]2O[C@H](O)[C@H](OCc3ccccc3)[C@@H](OC(C)=O)[C@@H]2O)[C@H](OC(C)=O)[C@@H](OC(C)=O)[C@@H]1OC(C)=O. The lowest BCUT2D eigenvalue weighted by atomic mass is 9.97. The summed E-state index contributed by atoms with van der Waals surface area (Å²) in [5.74, 6) is -3.94. The van der Waals surface area contributed by atoms with E-state index in [9.17, 15) is 34.2 Å². The van der Waals surface area contributed by atoms with Gasteiger partial charge in [0.1, 0.15) is 31.0 Å². The summed E-state index contributed by atoms with van der Waals surface area (Å²) in [5.41, 5.74) is 0.745. The Balaban J connectivity index is 1.83. The summed E-state index contributed by atoms with van der Waals surface area (Å²) < 4.78 is 49.4. The molecule has 1 aromatic carbocycles. The van der Waals surface area contributed by atoms with Crippen LogP contribution in [0.1, 0.15) is 40.2 Å². The third-order valence-electron chi connectivity index (χ3n) is 6.60. The molecule has 3 rings (SSSR count). The van der Waals surface area contributed by atoms with Gasteiger partial charge in [0, 0.05) is 34.6 Å². The van der Waals surface area contributed by atoms with Gasteiger partial charge in [-0.3, -0.25) is 24.0 Å². The Bertz CT molecular complexity index is 1170. The van der Waals surface area contributed by atoms with Gasteiger partial charge in [0.15, 0.2) is 37.0 Å². The molecule has 1 aromatic rings. The van der Waals surface area contributed by atoms with E-state index in [4.69, 9.17) is 42.6 Å². The van der Waals surface area contributed by atoms with Gasteiger partial charge in [0.25, 0.3) is 0 Å². The summed E-state index contributed by atoms with van der Waals surface area (Å²) in [6.45, 7) is 4.43. The van der Waals surface area contributed by atoms with E-state index in [0.717, 1.165) is 40.2 Å². The van der Waals surface area contributed by atoms with Gasteiger partial charge in [-0.25, -0.2) is 0 Å². The van der Waals surface area contributed by atoms with Crippen molar-refractivity contribution >= 4 is 29.8 Å². The molecular formula is C29H38O16. The average Bonchev–Trinajstić information content (AvgIpc) is 2.95. The fourth-order valence-corrected chi connectivity index (χ4v) is 4.83. The van der Waals surface area contributed by atoms with Gasteiger partial charge in [-0.2, -0.15) is 0 Å². The molecule has 16 nitrogen and oxygen atoms in total. The lowest BCUT2D eigenvalue weighted by molar-refractivity contribution is -0.332. The van der Waals surface area contributed by atoms with E-state index < -0.39 is 104 Å². The number of carbonyl (C=O) groups is 5. The third kappa shape index (κ3) is 10.4. The molecule has 10 atom stereocenters. The van der Waals surface area contributed by atoms with Crippen molar-refractivity contribution in [3.05, 3.63) is 35.9 Å². The summed E-state index contributed by atoms with van der Waals surface area (Å²) >= 11 is 0. The predicted octanol–water partition coefficient (Wildman–Crippen LogP) is -0.319. The summed E-state index contributed by atoms with van der Waals surface area (Å²) in [7, 11) is 0. The van der Waals surface area contributed by atoms with E-state index in [1.807, 2.05) is 6.07 Å². The highest BCUT2D eigenvalue weighted by Crippen LogP contribution is 2.32. The molecule has 0 unspecified atom stereocenters. The highest BCUT2D eigenvalue weighted by molar-refractivity contribution is 5.69.